The molecule has 0 radical (unpaired) electrons. The minimum atomic E-state index is -1.54. The maximum atomic E-state index is 10.9. The number of methoxy groups -OCH3 is 1. The van der Waals surface area contributed by atoms with Gasteiger partial charge in [-0.15, -0.1) is 0 Å². The SMILES string of the molecule is COC(=O)C(O)C(O)c1ccccc1. The van der Waals surface area contributed by atoms with E-state index in [1.165, 1.54) is 0 Å². The second-order valence-corrected chi connectivity index (χ2v) is 2.82. The van der Waals surface area contributed by atoms with E-state index in [0.717, 1.165) is 7.11 Å². The van der Waals surface area contributed by atoms with Gasteiger partial charge in [0.25, 0.3) is 0 Å². The van der Waals surface area contributed by atoms with Crippen LogP contribution in [0.15, 0.2) is 30.3 Å². The summed E-state index contributed by atoms with van der Waals surface area (Å²) < 4.78 is 4.31. The van der Waals surface area contributed by atoms with Crippen LogP contribution in [0.1, 0.15) is 11.7 Å². The standard InChI is InChI=1S/C10H12O4/c1-14-10(13)9(12)8(11)7-5-3-2-4-6-7/h2-6,8-9,11-12H,1H3. The van der Waals surface area contributed by atoms with Crippen molar-refractivity contribution in [3.05, 3.63) is 35.9 Å². The highest BCUT2D eigenvalue weighted by Gasteiger charge is 2.25. The van der Waals surface area contributed by atoms with E-state index in [-0.39, 0.29) is 0 Å². The smallest absolute Gasteiger partial charge is 0.337 e. The molecule has 1 rings (SSSR count). The molecule has 0 heterocycles. The van der Waals surface area contributed by atoms with Gasteiger partial charge in [0.1, 0.15) is 6.10 Å². The Morgan fingerprint density at radius 2 is 1.86 bits per heavy atom. The van der Waals surface area contributed by atoms with Crippen LogP contribution in [0.5, 0.6) is 0 Å². The third-order valence-electron chi connectivity index (χ3n) is 1.88. The number of rotatable bonds is 3. The van der Waals surface area contributed by atoms with Gasteiger partial charge < -0.3 is 14.9 Å². The molecule has 0 saturated carbocycles. The highest BCUT2D eigenvalue weighted by molar-refractivity contribution is 5.75. The summed E-state index contributed by atoms with van der Waals surface area (Å²) in [5, 5.41) is 18.9. The first-order valence-corrected chi connectivity index (χ1v) is 4.15. The van der Waals surface area contributed by atoms with E-state index in [9.17, 15) is 15.0 Å². The highest BCUT2D eigenvalue weighted by atomic mass is 16.5. The molecular formula is C10H12O4. The van der Waals surface area contributed by atoms with Crippen molar-refractivity contribution in [3.8, 4) is 0 Å². The van der Waals surface area contributed by atoms with Crippen molar-refractivity contribution in [2.45, 2.75) is 12.2 Å². The summed E-state index contributed by atoms with van der Waals surface area (Å²) in [6.45, 7) is 0. The van der Waals surface area contributed by atoms with E-state index in [2.05, 4.69) is 4.74 Å². The Balaban J connectivity index is 2.75. The number of carbonyl (C=O) groups excluding carboxylic acids is 1. The number of hydrogen-bond acceptors (Lipinski definition) is 4. The molecule has 1 aromatic carbocycles. The third-order valence-corrected chi connectivity index (χ3v) is 1.88. The van der Waals surface area contributed by atoms with Crippen molar-refractivity contribution < 1.29 is 19.7 Å². The first-order valence-electron chi connectivity index (χ1n) is 4.15. The molecule has 1 aromatic rings. The zero-order chi connectivity index (χ0) is 10.6. The van der Waals surface area contributed by atoms with Crippen LogP contribution in [0, 0.1) is 0 Å². The van der Waals surface area contributed by atoms with E-state index in [0.29, 0.717) is 5.56 Å². The maximum absolute atomic E-state index is 10.9. The number of ether oxygens (including phenoxy) is 1. The fourth-order valence-electron chi connectivity index (χ4n) is 1.08. The first kappa shape index (κ1) is 10.7. The molecule has 0 amide bonds. The molecule has 76 valence electrons. The van der Waals surface area contributed by atoms with Gasteiger partial charge in [-0.1, -0.05) is 30.3 Å². The van der Waals surface area contributed by atoms with Crippen LogP contribution in [0.2, 0.25) is 0 Å². The van der Waals surface area contributed by atoms with Crippen LogP contribution >= 0.6 is 0 Å². The number of aliphatic hydroxyl groups is 2. The largest absolute Gasteiger partial charge is 0.467 e. The van der Waals surface area contributed by atoms with Crippen LogP contribution in [0.3, 0.4) is 0 Å². The Hall–Kier alpha value is -1.39. The molecule has 2 N–H and O–H groups in total. The number of hydrogen-bond donors (Lipinski definition) is 2. The Bertz CT molecular complexity index is 296. The lowest BCUT2D eigenvalue weighted by molar-refractivity contribution is -0.156. The number of esters is 1. The van der Waals surface area contributed by atoms with E-state index >= 15 is 0 Å². The van der Waals surface area contributed by atoms with Crippen LogP contribution in [-0.4, -0.2) is 29.4 Å². The maximum Gasteiger partial charge on any atom is 0.337 e. The van der Waals surface area contributed by atoms with Gasteiger partial charge in [0.05, 0.1) is 7.11 Å². The molecule has 0 aromatic heterocycles. The summed E-state index contributed by atoms with van der Waals surface area (Å²) in [6, 6.07) is 8.44. The average Bonchev–Trinajstić information content (AvgIpc) is 2.27. The lowest BCUT2D eigenvalue weighted by Gasteiger charge is -2.15. The number of carbonyl (C=O) groups is 1. The predicted octanol–water partition coefficient (Wildman–Crippen LogP) is 0.254. The molecule has 4 heteroatoms. The summed E-state index contributed by atoms with van der Waals surface area (Å²) in [5.41, 5.74) is 0.477. The molecule has 0 aliphatic heterocycles. The van der Waals surface area contributed by atoms with E-state index in [4.69, 9.17) is 0 Å². The molecular weight excluding hydrogens is 184 g/mol. The minimum absolute atomic E-state index is 0.477. The second-order valence-electron chi connectivity index (χ2n) is 2.82. The average molecular weight is 196 g/mol. The van der Waals surface area contributed by atoms with Gasteiger partial charge in [-0.25, -0.2) is 4.79 Å². The van der Waals surface area contributed by atoms with Crippen LogP contribution in [0.4, 0.5) is 0 Å². The van der Waals surface area contributed by atoms with Crippen molar-refractivity contribution in [2.24, 2.45) is 0 Å². The number of benzene rings is 1. The zero-order valence-electron chi connectivity index (χ0n) is 7.75. The monoisotopic (exact) mass is 196 g/mol. The number of aliphatic hydroxyl groups excluding tert-OH is 2. The fraction of sp³-hybridized carbons (Fsp3) is 0.300. The molecule has 14 heavy (non-hydrogen) atoms. The summed E-state index contributed by atoms with van der Waals surface area (Å²) in [6.07, 6.45) is -2.79. The Kier molecular flexibility index (Phi) is 3.62. The molecule has 0 fully saturated rings. The Labute approximate surface area is 81.8 Å². The summed E-state index contributed by atoms with van der Waals surface area (Å²) in [7, 11) is 1.16. The molecule has 2 unspecified atom stereocenters. The predicted molar refractivity (Wildman–Crippen MR) is 49.4 cm³/mol. The van der Waals surface area contributed by atoms with Gasteiger partial charge in [-0.2, -0.15) is 0 Å². The molecule has 2 atom stereocenters. The quantitative estimate of drug-likeness (QED) is 0.680. The Morgan fingerprint density at radius 3 is 2.36 bits per heavy atom. The lowest BCUT2D eigenvalue weighted by atomic mass is 10.1. The van der Waals surface area contributed by atoms with Crippen molar-refractivity contribution >= 4 is 5.97 Å². The van der Waals surface area contributed by atoms with Crippen LogP contribution < -0.4 is 0 Å². The van der Waals surface area contributed by atoms with Gasteiger partial charge in [0.2, 0.25) is 0 Å². The van der Waals surface area contributed by atoms with Crippen molar-refractivity contribution in [2.75, 3.05) is 7.11 Å². The lowest BCUT2D eigenvalue weighted by Crippen LogP contribution is -2.28. The normalized spacial score (nSPS) is 14.5. The fourth-order valence-corrected chi connectivity index (χ4v) is 1.08. The van der Waals surface area contributed by atoms with E-state index in [1.807, 2.05) is 0 Å². The van der Waals surface area contributed by atoms with Gasteiger partial charge in [0.15, 0.2) is 6.10 Å². The molecule has 0 spiro atoms. The summed E-state index contributed by atoms with van der Waals surface area (Å²) in [5.74, 6) is -0.846. The van der Waals surface area contributed by atoms with E-state index < -0.39 is 18.2 Å². The molecule has 0 saturated heterocycles. The minimum Gasteiger partial charge on any atom is -0.467 e. The Morgan fingerprint density at radius 1 is 1.29 bits per heavy atom. The van der Waals surface area contributed by atoms with E-state index in [1.54, 1.807) is 30.3 Å². The van der Waals surface area contributed by atoms with Gasteiger partial charge in [-0.05, 0) is 5.56 Å². The van der Waals surface area contributed by atoms with Gasteiger partial charge in [0, 0.05) is 0 Å². The van der Waals surface area contributed by atoms with Crippen molar-refractivity contribution in [1.29, 1.82) is 0 Å². The molecule has 0 aliphatic rings. The topological polar surface area (TPSA) is 66.8 Å². The third kappa shape index (κ3) is 2.31. The molecule has 0 aliphatic carbocycles. The first-order chi connectivity index (χ1) is 6.66. The van der Waals surface area contributed by atoms with Crippen LogP contribution in [0.25, 0.3) is 0 Å². The van der Waals surface area contributed by atoms with Crippen molar-refractivity contribution in [3.63, 3.8) is 0 Å². The summed E-state index contributed by atoms with van der Waals surface area (Å²) >= 11 is 0. The summed E-state index contributed by atoms with van der Waals surface area (Å²) in [4.78, 5) is 10.9. The zero-order valence-corrected chi connectivity index (χ0v) is 7.75. The van der Waals surface area contributed by atoms with Gasteiger partial charge >= 0.3 is 5.97 Å². The molecule has 4 nitrogen and oxygen atoms in total. The second kappa shape index (κ2) is 4.74. The van der Waals surface area contributed by atoms with Crippen molar-refractivity contribution in [1.82, 2.24) is 0 Å². The highest BCUT2D eigenvalue weighted by Crippen LogP contribution is 2.16. The van der Waals surface area contributed by atoms with Gasteiger partial charge in [-0.3, -0.25) is 0 Å². The molecule has 0 bridgehead atoms. The van der Waals surface area contributed by atoms with Crippen LogP contribution in [-0.2, 0) is 9.53 Å².